The van der Waals surface area contributed by atoms with Gasteiger partial charge in [0.1, 0.15) is 0 Å². The van der Waals surface area contributed by atoms with Crippen molar-refractivity contribution in [1.82, 2.24) is 0 Å². The monoisotopic (exact) mass is 344 g/mol. The molecule has 3 heteroatoms. The van der Waals surface area contributed by atoms with Crippen LogP contribution in [0, 0.1) is 30.4 Å². The lowest BCUT2D eigenvalue weighted by Gasteiger charge is -2.25. The summed E-state index contributed by atoms with van der Waals surface area (Å²) in [4.78, 5) is 0. The zero-order valence-electron chi connectivity index (χ0n) is 14.6. The highest BCUT2D eigenvalue weighted by molar-refractivity contribution is 6.53. The first-order valence-corrected chi connectivity index (χ1v) is 10.8. The molecule has 0 radical (unpaired) electrons. The Labute approximate surface area is 146 Å². The van der Waals surface area contributed by atoms with Gasteiger partial charge in [-0.3, -0.25) is 0 Å². The van der Waals surface area contributed by atoms with Crippen LogP contribution in [0.3, 0.4) is 0 Å². The second-order valence-electron chi connectivity index (χ2n) is 7.42. The maximum absolute atomic E-state index is 14.1. The van der Waals surface area contributed by atoms with Crippen LogP contribution in [0.2, 0.25) is 6.04 Å². The third kappa shape index (κ3) is 3.94. The van der Waals surface area contributed by atoms with Crippen LogP contribution in [0.1, 0.15) is 38.2 Å². The molecule has 3 rings (SSSR count). The second-order valence-corrected chi connectivity index (χ2v) is 9.31. The molecule has 0 bridgehead atoms. The van der Waals surface area contributed by atoms with Crippen molar-refractivity contribution in [3.63, 3.8) is 0 Å². The van der Waals surface area contributed by atoms with Gasteiger partial charge < -0.3 is 0 Å². The summed E-state index contributed by atoms with van der Waals surface area (Å²) in [7, 11) is -0.261. The van der Waals surface area contributed by atoms with Crippen molar-refractivity contribution in [2.24, 2.45) is 11.8 Å². The first kappa shape index (κ1) is 17.3. The van der Waals surface area contributed by atoms with Gasteiger partial charge in [0, 0.05) is 5.56 Å². The van der Waals surface area contributed by atoms with E-state index in [2.05, 4.69) is 19.1 Å². The first-order valence-electron chi connectivity index (χ1n) is 9.08. The maximum Gasteiger partial charge on any atom is 0.166 e. The third-order valence-corrected chi connectivity index (χ3v) is 7.67. The van der Waals surface area contributed by atoms with Crippen molar-refractivity contribution < 1.29 is 8.78 Å². The van der Waals surface area contributed by atoms with E-state index in [1.54, 1.807) is 19.1 Å². The van der Waals surface area contributed by atoms with Gasteiger partial charge >= 0.3 is 0 Å². The summed E-state index contributed by atoms with van der Waals surface area (Å²) in [5.41, 5.74) is 1.46. The maximum atomic E-state index is 14.1. The Morgan fingerprint density at radius 1 is 0.917 bits per heavy atom. The molecule has 2 aromatic carbocycles. The minimum atomic E-state index is -0.740. The smallest absolute Gasteiger partial charge is 0.166 e. The van der Waals surface area contributed by atoms with Crippen LogP contribution in [0.15, 0.2) is 36.4 Å². The van der Waals surface area contributed by atoms with E-state index >= 15 is 0 Å². The fraction of sp³-hybridized carbons (Fsp3) is 0.429. The Balaban J connectivity index is 1.64. The molecule has 0 heterocycles. The molecule has 0 amide bonds. The molecule has 0 spiro atoms. The fourth-order valence-corrected chi connectivity index (χ4v) is 5.60. The Morgan fingerprint density at radius 2 is 1.58 bits per heavy atom. The lowest BCUT2D eigenvalue weighted by molar-refractivity contribution is 0.307. The van der Waals surface area contributed by atoms with E-state index in [1.807, 2.05) is 12.1 Å². The van der Waals surface area contributed by atoms with Gasteiger partial charge in [0.2, 0.25) is 0 Å². The van der Waals surface area contributed by atoms with Crippen LogP contribution in [0.25, 0.3) is 11.1 Å². The summed E-state index contributed by atoms with van der Waals surface area (Å²) in [6.07, 6.45) is 5.55. The molecule has 2 aromatic rings. The molecule has 0 aliphatic heterocycles. The zero-order valence-corrected chi connectivity index (χ0v) is 16.0. The van der Waals surface area contributed by atoms with Gasteiger partial charge in [-0.15, -0.1) is 0 Å². The largest absolute Gasteiger partial charge is 0.203 e. The van der Waals surface area contributed by atoms with Crippen LogP contribution >= 0.6 is 0 Å². The minimum absolute atomic E-state index is 0.261. The molecule has 0 atom stereocenters. The Kier molecular flexibility index (Phi) is 5.49. The average Bonchev–Trinajstić information content (AvgIpc) is 2.60. The van der Waals surface area contributed by atoms with Gasteiger partial charge in [0.05, 0.1) is 9.52 Å². The number of benzene rings is 2. The highest BCUT2D eigenvalue weighted by Crippen LogP contribution is 2.30. The molecule has 1 saturated carbocycles. The summed E-state index contributed by atoms with van der Waals surface area (Å²) in [6.45, 7) is 3.95. The zero-order chi connectivity index (χ0) is 17.1. The van der Waals surface area contributed by atoms with Crippen LogP contribution in [0.5, 0.6) is 0 Å². The fourth-order valence-electron chi connectivity index (χ4n) is 3.71. The molecule has 0 aromatic heterocycles. The van der Waals surface area contributed by atoms with Crippen molar-refractivity contribution in [2.45, 2.75) is 45.6 Å². The molecule has 0 unspecified atom stereocenters. The lowest BCUT2D eigenvalue weighted by Crippen LogP contribution is -2.20. The number of rotatable bonds is 4. The SMILES string of the molecule is Cc1ccc(-c2ccc([SiH2]CC3CCC(C)CC3)cc2)c(F)c1F. The molecule has 0 N–H and O–H groups in total. The topological polar surface area (TPSA) is 0 Å². The number of aryl methyl sites for hydroxylation is 1. The van der Waals surface area contributed by atoms with Crippen LogP contribution < -0.4 is 5.19 Å². The van der Waals surface area contributed by atoms with E-state index in [1.165, 1.54) is 36.9 Å². The van der Waals surface area contributed by atoms with Crippen LogP contribution in [-0.4, -0.2) is 9.52 Å². The predicted molar refractivity (Wildman–Crippen MR) is 101 cm³/mol. The predicted octanol–water partition coefficient (Wildman–Crippen LogP) is 4.98. The van der Waals surface area contributed by atoms with Gasteiger partial charge in [0.15, 0.2) is 11.6 Å². The molecule has 1 aliphatic carbocycles. The van der Waals surface area contributed by atoms with E-state index in [4.69, 9.17) is 0 Å². The number of hydrogen-bond donors (Lipinski definition) is 0. The Morgan fingerprint density at radius 3 is 2.25 bits per heavy atom. The van der Waals surface area contributed by atoms with Gasteiger partial charge in [-0.1, -0.05) is 80.2 Å². The van der Waals surface area contributed by atoms with E-state index in [0.29, 0.717) is 11.1 Å². The normalized spacial score (nSPS) is 21.5. The molecular weight excluding hydrogens is 318 g/mol. The second kappa shape index (κ2) is 7.60. The van der Waals surface area contributed by atoms with Gasteiger partial charge in [0.25, 0.3) is 0 Å². The quantitative estimate of drug-likeness (QED) is 0.686. The summed E-state index contributed by atoms with van der Waals surface area (Å²) < 4.78 is 27.8. The van der Waals surface area contributed by atoms with Gasteiger partial charge in [-0.2, -0.15) is 0 Å². The van der Waals surface area contributed by atoms with Crippen molar-refractivity contribution in [1.29, 1.82) is 0 Å². The molecule has 128 valence electrons. The van der Waals surface area contributed by atoms with E-state index < -0.39 is 11.6 Å². The summed E-state index contributed by atoms with van der Waals surface area (Å²) in [6, 6.07) is 12.8. The summed E-state index contributed by atoms with van der Waals surface area (Å²) >= 11 is 0. The highest BCUT2D eigenvalue weighted by atomic mass is 28.2. The summed E-state index contributed by atoms with van der Waals surface area (Å²) in [5.74, 6) is 0.344. The molecule has 1 fully saturated rings. The van der Waals surface area contributed by atoms with Crippen molar-refractivity contribution >= 4 is 14.7 Å². The average molecular weight is 345 g/mol. The standard InChI is InChI=1S/C21H26F2Si/c1-14-3-6-16(7-4-14)13-24-18-10-8-17(9-11-18)19-12-5-15(2)20(22)21(19)23/h5,8-12,14,16H,3-4,6-7,13,24H2,1-2H3. The first-order chi connectivity index (χ1) is 11.5. The van der Waals surface area contributed by atoms with Crippen LogP contribution in [0.4, 0.5) is 8.78 Å². The van der Waals surface area contributed by atoms with E-state index in [9.17, 15) is 8.78 Å². The van der Waals surface area contributed by atoms with Crippen molar-refractivity contribution in [3.8, 4) is 11.1 Å². The molecule has 1 aliphatic rings. The highest BCUT2D eigenvalue weighted by Gasteiger charge is 2.18. The minimum Gasteiger partial charge on any atom is -0.203 e. The van der Waals surface area contributed by atoms with Crippen molar-refractivity contribution in [3.05, 3.63) is 53.6 Å². The third-order valence-electron chi connectivity index (χ3n) is 5.52. The van der Waals surface area contributed by atoms with Gasteiger partial charge in [-0.25, -0.2) is 8.78 Å². The molecular formula is C21H26F2Si. The Hall–Kier alpha value is -1.48. The molecule has 24 heavy (non-hydrogen) atoms. The molecule has 0 nitrogen and oxygen atoms in total. The number of halogens is 2. The van der Waals surface area contributed by atoms with E-state index in [-0.39, 0.29) is 9.52 Å². The Bertz CT molecular complexity index is 686. The van der Waals surface area contributed by atoms with Crippen LogP contribution in [-0.2, 0) is 0 Å². The van der Waals surface area contributed by atoms with Crippen molar-refractivity contribution in [2.75, 3.05) is 0 Å². The van der Waals surface area contributed by atoms with E-state index in [0.717, 1.165) is 17.4 Å². The summed E-state index contributed by atoms with van der Waals surface area (Å²) in [5, 5.41) is 1.42. The lowest BCUT2D eigenvalue weighted by atomic mass is 9.84. The van der Waals surface area contributed by atoms with Gasteiger partial charge in [-0.05, 0) is 29.9 Å². The number of hydrogen-bond acceptors (Lipinski definition) is 0. The molecule has 0 saturated heterocycles.